The number of carbonyl (C=O) groups excluding carboxylic acids is 3. The third-order valence-electron chi connectivity index (χ3n) is 8.89. The summed E-state index contributed by atoms with van der Waals surface area (Å²) < 4.78 is 40.0. The van der Waals surface area contributed by atoms with Crippen LogP contribution in [0.15, 0.2) is 41.0 Å². The van der Waals surface area contributed by atoms with Crippen LogP contribution in [0.1, 0.15) is 44.9 Å². The minimum absolute atomic E-state index is 0.134. The fourth-order valence-corrected chi connectivity index (χ4v) is 8.08. The largest absolute Gasteiger partial charge is 0.496 e. The Bertz CT molecular complexity index is 1630. The molecule has 4 amide bonds. The summed E-state index contributed by atoms with van der Waals surface area (Å²) in [5.41, 5.74) is -1.40. The standard InChI is InChI=1S/C30H36BrN5O7S/c1-35-14-6-4-3-5-7-18-16-30(18,28(38)34-44(40,41)20-8-9-20)33-26(37)23-15-19(17-36(23)29(35)39)43-27-22-10-11-24(42-2)25(31)21(22)12-13-32-27/h5,7,10-13,18-20,23H,3-4,6,8-9,14-17H2,1-2H3,(H,33,37)(H,34,38)/b7-5-/t18-,19+,23-,30+/m0/s1. The molecule has 2 saturated carbocycles. The summed E-state index contributed by atoms with van der Waals surface area (Å²) in [6, 6.07) is 4.24. The van der Waals surface area contributed by atoms with Gasteiger partial charge in [0.1, 0.15) is 23.4 Å². The Morgan fingerprint density at radius 1 is 1.18 bits per heavy atom. The van der Waals surface area contributed by atoms with E-state index in [2.05, 4.69) is 31.0 Å². The molecule has 0 unspecified atom stereocenters. The van der Waals surface area contributed by atoms with Crippen LogP contribution >= 0.6 is 15.9 Å². The Balaban J connectivity index is 1.27. The van der Waals surface area contributed by atoms with Crippen LogP contribution < -0.4 is 19.5 Å². The molecular weight excluding hydrogens is 654 g/mol. The van der Waals surface area contributed by atoms with Gasteiger partial charge < -0.3 is 24.6 Å². The van der Waals surface area contributed by atoms with Gasteiger partial charge in [-0.15, -0.1) is 0 Å². The summed E-state index contributed by atoms with van der Waals surface area (Å²) in [6.07, 6.45) is 8.73. The lowest BCUT2D eigenvalue weighted by Gasteiger charge is -2.30. The van der Waals surface area contributed by atoms with Gasteiger partial charge in [0.05, 0.1) is 23.4 Å². The van der Waals surface area contributed by atoms with Crippen molar-refractivity contribution < 1.29 is 32.3 Å². The van der Waals surface area contributed by atoms with Gasteiger partial charge in [-0.05, 0) is 72.7 Å². The molecule has 3 fully saturated rings. The SMILES string of the molecule is COc1ccc2c(O[C@@H]3C[C@H]4C(=O)N[C@]5(C(=O)NS(=O)(=O)C6CC6)C[C@@H]5/C=C\CCCCN(C)C(=O)N4C3)nccc2c1Br. The fourth-order valence-electron chi connectivity index (χ4n) is 6.08. The van der Waals surface area contributed by atoms with Crippen molar-refractivity contribution in [2.75, 3.05) is 27.2 Å². The number of rotatable bonds is 6. The molecule has 4 aliphatic rings. The number of urea groups is 1. The smallest absolute Gasteiger partial charge is 0.320 e. The van der Waals surface area contributed by atoms with Gasteiger partial charge >= 0.3 is 6.03 Å². The quantitative estimate of drug-likeness (QED) is 0.440. The molecular formula is C30H36BrN5O7S. The van der Waals surface area contributed by atoms with Gasteiger partial charge in [0.25, 0.3) is 5.91 Å². The molecule has 14 heteroatoms. The number of hydrogen-bond acceptors (Lipinski definition) is 8. The highest BCUT2D eigenvalue weighted by atomic mass is 79.9. The first-order valence-corrected chi connectivity index (χ1v) is 17.2. The van der Waals surface area contributed by atoms with Gasteiger partial charge in [0, 0.05) is 42.9 Å². The lowest BCUT2D eigenvalue weighted by molar-refractivity contribution is -0.131. The van der Waals surface area contributed by atoms with Crippen molar-refractivity contribution in [1.82, 2.24) is 24.8 Å². The number of sulfonamides is 1. The third kappa shape index (κ3) is 5.85. The number of fused-ring (bicyclic) bond motifs is 3. The lowest BCUT2D eigenvalue weighted by atomic mass is 10.1. The van der Waals surface area contributed by atoms with Crippen molar-refractivity contribution >= 4 is 54.6 Å². The number of carbonyl (C=O) groups is 3. The number of halogens is 1. The molecule has 3 heterocycles. The first kappa shape index (κ1) is 30.6. The van der Waals surface area contributed by atoms with Gasteiger partial charge in [0.15, 0.2) is 0 Å². The number of allylic oxidation sites excluding steroid dienone is 1. The molecule has 2 N–H and O–H groups in total. The highest BCUT2D eigenvalue weighted by molar-refractivity contribution is 9.10. The summed E-state index contributed by atoms with van der Waals surface area (Å²) in [7, 11) is -0.521. The molecule has 2 aliphatic carbocycles. The average molecular weight is 691 g/mol. The van der Waals surface area contributed by atoms with Gasteiger partial charge in [-0.1, -0.05) is 12.2 Å². The summed E-state index contributed by atoms with van der Waals surface area (Å²) in [6.45, 7) is 0.661. The number of benzene rings is 1. The van der Waals surface area contributed by atoms with Crippen molar-refractivity contribution in [2.45, 2.75) is 67.9 Å². The number of ether oxygens (including phenoxy) is 2. The topological polar surface area (TPSA) is 147 Å². The maximum absolute atomic E-state index is 13.9. The van der Waals surface area contributed by atoms with Crippen molar-refractivity contribution in [3.05, 3.63) is 41.0 Å². The van der Waals surface area contributed by atoms with E-state index in [1.807, 2.05) is 24.3 Å². The Morgan fingerprint density at radius 3 is 2.73 bits per heavy atom. The monoisotopic (exact) mass is 689 g/mol. The van der Waals surface area contributed by atoms with Crippen molar-refractivity contribution in [3.8, 4) is 11.6 Å². The maximum Gasteiger partial charge on any atom is 0.320 e. The molecule has 2 aromatic rings. The highest BCUT2D eigenvalue weighted by Gasteiger charge is 2.62. The number of nitrogens with zero attached hydrogens (tertiary/aromatic N) is 3. The van der Waals surface area contributed by atoms with Crippen LogP contribution in [0.3, 0.4) is 0 Å². The van der Waals surface area contributed by atoms with Crippen LogP contribution in [-0.2, 0) is 19.6 Å². The van der Waals surface area contributed by atoms with Crippen LogP contribution in [-0.4, -0.2) is 91.2 Å². The number of amides is 4. The third-order valence-corrected chi connectivity index (χ3v) is 11.5. The van der Waals surface area contributed by atoms with E-state index in [0.717, 1.165) is 34.5 Å². The van der Waals surface area contributed by atoms with Crippen LogP contribution in [0, 0.1) is 5.92 Å². The van der Waals surface area contributed by atoms with Crippen LogP contribution in [0.4, 0.5) is 4.79 Å². The fraction of sp³-hybridized carbons (Fsp3) is 0.533. The predicted octanol–water partition coefficient (Wildman–Crippen LogP) is 3.10. The van der Waals surface area contributed by atoms with E-state index in [9.17, 15) is 22.8 Å². The Kier molecular flexibility index (Phi) is 8.24. The summed E-state index contributed by atoms with van der Waals surface area (Å²) >= 11 is 3.58. The zero-order valence-corrected chi connectivity index (χ0v) is 27.0. The Hall–Kier alpha value is -3.39. The van der Waals surface area contributed by atoms with Crippen LogP contribution in [0.2, 0.25) is 0 Å². The summed E-state index contributed by atoms with van der Waals surface area (Å²) in [5.74, 6) is -0.590. The number of nitrogens with one attached hydrogen (secondary N) is 2. The van der Waals surface area contributed by atoms with Gasteiger partial charge in [-0.2, -0.15) is 0 Å². The lowest BCUT2D eigenvalue weighted by Crippen LogP contribution is -2.57. The second-order valence-electron chi connectivity index (χ2n) is 12.0. The Labute approximate surface area is 264 Å². The van der Waals surface area contributed by atoms with E-state index in [0.29, 0.717) is 31.0 Å². The van der Waals surface area contributed by atoms with E-state index in [1.54, 1.807) is 31.3 Å². The minimum atomic E-state index is -3.81. The van der Waals surface area contributed by atoms with E-state index >= 15 is 0 Å². The van der Waals surface area contributed by atoms with Crippen molar-refractivity contribution in [3.63, 3.8) is 0 Å². The summed E-state index contributed by atoms with van der Waals surface area (Å²) in [5, 5.41) is 3.87. The second-order valence-corrected chi connectivity index (χ2v) is 14.8. The summed E-state index contributed by atoms with van der Waals surface area (Å²) in [4.78, 5) is 48.5. The molecule has 0 spiro atoms. The maximum atomic E-state index is 13.9. The molecule has 1 aromatic heterocycles. The normalized spacial score (nSPS) is 28.4. The first-order valence-electron chi connectivity index (χ1n) is 14.9. The average Bonchev–Trinajstić information content (AvgIpc) is 3.92. The predicted molar refractivity (Wildman–Crippen MR) is 166 cm³/mol. The molecule has 1 aromatic carbocycles. The molecule has 236 valence electrons. The minimum Gasteiger partial charge on any atom is -0.496 e. The van der Waals surface area contributed by atoms with Gasteiger partial charge in [-0.3, -0.25) is 14.3 Å². The molecule has 0 bridgehead atoms. The highest BCUT2D eigenvalue weighted by Crippen LogP contribution is 2.46. The Morgan fingerprint density at radius 2 is 1.98 bits per heavy atom. The van der Waals surface area contributed by atoms with Crippen LogP contribution in [0.25, 0.3) is 10.8 Å². The number of pyridine rings is 1. The molecule has 44 heavy (non-hydrogen) atoms. The number of aromatic nitrogens is 1. The molecule has 12 nitrogen and oxygen atoms in total. The molecule has 1 saturated heterocycles. The second kappa shape index (κ2) is 11.8. The molecule has 6 rings (SSSR count). The van der Waals surface area contributed by atoms with Gasteiger partial charge in [-0.25, -0.2) is 18.2 Å². The molecule has 0 radical (unpaired) electrons. The van der Waals surface area contributed by atoms with E-state index in [-0.39, 0.29) is 31.3 Å². The van der Waals surface area contributed by atoms with E-state index in [4.69, 9.17) is 9.47 Å². The van der Waals surface area contributed by atoms with E-state index < -0.39 is 44.8 Å². The zero-order valence-electron chi connectivity index (χ0n) is 24.6. The van der Waals surface area contributed by atoms with Crippen LogP contribution in [0.5, 0.6) is 11.6 Å². The van der Waals surface area contributed by atoms with Gasteiger partial charge in [0.2, 0.25) is 21.8 Å². The number of hydrogen-bond donors (Lipinski definition) is 2. The molecule has 4 atom stereocenters. The van der Waals surface area contributed by atoms with Crippen molar-refractivity contribution in [2.24, 2.45) is 5.92 Å². The number of methoxy groups -OCH3 is 1. The molecule has 2 aliphatic heterocycles. The first-order chi connectivity index (χ1) is 21.0. The van der Waals surface area contributed by atoms with Crippen molar-refractivity contribution in [1.29, 1.82) is 0 Å². The van der Waals surface area contributed by atoms with E-state index in [1.165, 1.54) is 4.90 Å². The zero-order chi connectivity index (χ0) is 31.2.